The Morgan fingerprint density at radius 3 is 2.58 bits per heavy atom. The number of amides is 1. The van der Waals surface area contributed by atoms with E-state index in [1.165, 1.54) is 11.8 Å². The molecule has 9 heteroatoms. The Balaban J connectivity index is 1.52. The summed E-state index contributed by atoms with van der Waals surface area (Å²) >= 11 is 1.42. The second-order valence-corrected chi connectivity index (χ2v) is 10.3. The smallest absolute Gasteiger partial charge is 0.242 e. The summed E-state index contributed by atoms with van der Waals surface area (Å²) in [4.78, 5) is 27.3. The van der Waals surface area contributed by atoms with Gasteiger partial charge in [-0.1, -0.05) is 50.2 Å². The number of carbonyl (C=O) groups is 1. The molecule has 2 heterocycles. The Bertz CT molecular complexity index is 1150. The topological polar surface area (TPSA) is 96.6 Å². The molecule has 1 aromatic heterocycles. The number of nitrogens with two attached hydrogens (primary N) is 1. The summed E-state index contributed by atoms with van der Waals surface area (Å²) in [5.74, 6) is 0.439. The van der Waals surface area contributed by atoms with E-state index in [9.17, 15) is 4.79 Å². The molecule has 1 fully saturated rings. The lowest BCUT2D eigenvalue weighted by atomic mass is 10.1. The fourth-order valence-corrected chi connectivity index (χ4v) is 4.54. The average molecular weight is 507 g/mol. The van der Waals surface area contributed by atoms with Gasteiger partial charge in [0.2, 0.25) is 11.8 Å². The van der Waals surface area contributed by atoms with Gasteiger partial charge in [0.25, 0.3) is 0 Å². The highest BCUT2D eigenvalue weighted by atomic mass is 32.2. The number of ether oxygens (including phenoxy) is 1. The average Bonchev–Trinajstić information content (AvgIpc) is 2.88. The van der Waals surface area contributed by atoms with Crippen LogP contribution in [0.1, 0.15) is 19.4 Å². The van der Waals surface area contributed by atoms with Gasteiger partial charge < -0.3 is 25.6 Å². The van der Waals surface area contributed by atoms with Crippen molar-refractivity contribution < 1.29 is 9.53 Å². The zero-order chi connectivity index (χ0) is 25.5. The van der Waals surface area contributed by atoms with Crippen LogP contribution < -0.4 is 20.7 Å². The number of aromatic nitrogens is 2. The van der Waals surface area contributed by atoms with Crippen molar-refractivity contribution in [2.45, 2.75) is 36.5 Å². The molecule has 0 bridgehead atoms. The Kier molecular flexibility index (Phi) is 8.79. The van der Waals surface area contributed by atoms with Crippen LogP contribution in [-0.2, 0) is 11.4 Å². The molecule has 4 rings (SSSR count). The van der Waals surface area contributed by atoms with Crippen LogP contribution in [0.5, 0.6) is 5.88 Å². The van der Waals surface area contributed by atoms with Gasteiger partial charge in [-0.15, -0.1) is 0 Å². The van der Waals surface area contributed by atoms with E-state index in [1.54, 1.807) is 0 Å². The number of carbonyl (C=O) groups excluding carboxylic acids is 1. The first-order valence-electron chi connectivity index (χ1n) is 12.2. The van der Waals surface area contributed by atoms with Crippen LogP contribution in [-0.4, -0.2) is 60.0 Å². The molecule has 190 valence electrons. The molecular formula is C27H34N6O2S. The number of nitrogens with one attached hydrogen (secondary N) is 1. The molecule has 3 aromatic rings. The Morgan fingerprint density at radius 2 is 1.86 bits per heavy atom. The van der Waals surface area contributed by atoms with Crippen molar-refractivity contribution in [1.29, 1.82) is 0 Å². The van der Waals surface area contributed by atoms with Gasteiger partial charge in [0, 0.05) is 36.8 Å². The van der Waals surface area contributed by atoms with Crippen molar-refractivity contribution in [3.05, 3.63) is 66.4 Å². The third kappa shape index (κ3) is 6.96. The van der Waals surface area contributed by atoms with E-state index >= 15 is 0 Å². The Hall–Kier alpha value is -3.14. The fourth-order valence-electron chi connectivity index (χ4n) is 3.76. The number of anilines is 2. The predicted molar refractivity (Wildman–Crippen MR) is 145 cm³/mol. The molecular weight excluding hydrogens is 472 g/mol. The second kappa shape index (κ2) is 12.2. The predicted octanol–water partition coefficient (Wildman–Crippen LogP) is 3.88. The number of nitrogens with zero attached hydrogens (tertiary/aromatic N) is 4. The van der Waals surface area contributed by atoms with Crippen LogP contribution >= 0.6 is 11.8 Å². The maximum Gasteiger partial charge on any atom is 0.242 e. The van der Waals surface area contributed by atoms with Gasteiger partial charge >= 0.3 is 0 Å². The van der Waals surface area contributed by atoms with Gasteiger partial charge in [-0.2, -0.15) is 4.98 Å². The first kappa shape index (κ1) is 25.9. The summed E-state index contributed by atoms with van der Waals surface area (Å²) in [6, 6.07) is 17.1. The van der Waals surface area contributed by atoms with Gasteiger partial charge in [-0.05, 0) is 48.5 Å². The summed E-state index contributed by atoms with van der Waals surface area (Å²) < 4.78 is 6.22. The third-order valence-corrected chi connectivity index (χ3v) is 6.98. The van der Waals surface area contributed by atoms with Crippen LogP contribution in [0, 0.1) is 5.92 Å². The van der Waals surface area contributed by atoms with Gasteiger partial charge in [0.1, 0.15) is 12.3 Å². The van der Waals surface area contributed by atoms with E-state index in [-0.39, 0.29) is 11.8 Å². The molecule has 1 atom stereocenters. The van der Waals surface area contributed by atoms with Crippen molar-refractivity contribution in [2.75, 3.05) is 43.4 Å². The lowest BCUT2D eigenvalue weighted by Crippen LogP contribution is -2.44. The maximum absolute atomic E-state index is 12.4. The van der Waals surface area contributed by atoms with Crippen molar-refractivity contribution in [2.24, 2.45) is 11.7 Å². The molecule has 8 nitrogen and oxygen atoms in total. The summed E-state index contributed by atoms with van der Waals surface area (Å²) in [6.07, 6.45) is 1.86. The van der Waals surface area contributed by atoms with Gasteiger partial charge in [-0.25, -0.2) is 4.98 Å². The number of piperazine rings is 1. The van der Waals surface area contributed by atoms with E-state index in [2.05, 4.69) is 27.1 Å². The van der Waals surface area contributed by atoms with Gasteiger partial charge in [-0.3, -0.25) is 4.79 Å². The molecule has 0 aliphatic carbocycles. The van der Waals surface area contributed by atoms with Crippen molar-refractivity contribution in [3.63, 3.8) is 0 Å². The molecule has 3 N–H and O–H groups in total. The number of hydrogen-bond acceptors (Lipinski definition) is 8. The van der Waals surface area contributed by atoms with Gasteiger partial charge in [0.15, 0.2) is 5.16 Å². The first-order chi connectivity index (χ1) is 17.4. The molecule has 1 aliphatic heterocycles. The molecule has 0 saturated carbocycles. The Labute approximate surface area is 217 Å². The first-order valence-corrected chi connectivity index (χ1v) is 13.0. The maximum atomic E-state index is 12.4. The highest BCUT2D eigenvalue weighted by Gasteiger charge is 2.21. The minimum absolute atomic E-state index is 0.0593. The number of likely N-dealkylation sites (N-methyl/N-ethyl adjacent to an activating group) is 1. The van der Waals surface area contributed by atoms with Crippen molar-refractivity contribution in [1.82, 2.24) is 14.9 Å². The van der Waals surface area contributed by atoms with Crippen LogP contribution in [0.4, 0.5) is 11.4 Å². The largest absolute Gasteiger partial charge is 0.471 e. The van der Waals surface area contributed by atoms with E-state index in [1.807, 2.05) is 74.6 Å². The minimum atomic E-state index is -0.559. The van der Waals surface area contributed by atoms with Crippen LogP contribution in [0.2, 0.25) is 0 Å². The van der Waals surface area contributed by atoms with Crippen molar-refractivity contribution >= 4 is 29.0 Å². The lowest BCUT2D eigenvalue weighted by molar-refractivity contribution is -0.118. The molecule has 2 aromatic carbocycles. The van der Waals surface area contributed by atoms with Crippen LogP contribution in [0.3, 0.4) is 0 Å². The molecule has 1 aliphatic rings. The quantitative estimate of drug-likeness (QED) is 0.422. The molecule has 0 spiro atoms. The number of benzene rings is 2. The highest BCUT2D eigenvalue weighted by Crippen LogP contribution is 2.33. The highest BCUT2D eigenvalue weighted by molar-refractivity contribution is 7.99. The van der Waals surface area contributed by atoms with Gasteiger partial charge in [0.05, 0.1) is 12.2 Å². The zero-order valence-corrected chi connectivity index (χ0v) is 21.9. The normalized spacial score (nSPS) is 15.1. The molecule has 1 amide bonds. The third-order valence-electron chi connectivity index (χ3n) is 6.11. The summed E-state index contributed by atoms with van der Waals surface area (Å²) in [5.41, 5.74) is 8.66. The molecule has 36 heavy (non-hydrogen) atoms. The van der Waals surface area contributed by atoms with E-state index in [0.717, 1.165) is 42.3 Å². The van der Waals surface area contributed by atoms with Crippen LogP contribution in [0.15, 0.2) is 70.8 Å². The number of rotatable bonds is 9. The fraction of sp³-hybridized carbons (Fsp3) is 0.370. The molecule has 0 radical (unpaired) electrons. The SMILES string of the molecule is CC(C)C(N)C(=O)Nc1cccc(Sc2ncc(N3CCN(C)CC3)c(OCc3ccccc3)n2)c1. The zero-order valence-electron chi connectivity index (χ0n) is 21.1. The Morgan fingerprint density at radius 1 is 1.11 bits per heavy atom. The second-order valence-electron chi connectivity index (χ2n) is 9.30. The standard InChI is InChI=1S/C27H34N6O2S/c1-19(2)24(28)25(34)30-21-10-7-11-22(16-21)36-27-29-17-23(33-14-12-32(3)13-15-33)26(31-27)35-18-20-8-5-4-6-9-20/h4-11,16-17,19,24H,12-15,18,28H2,1-3H3,(H,30,34). The minimum Gasteiger partial charge on any atom is -0.471 e. The molecule has 1 unspecified atom stereocenters. The number of hydrogen-bond donors (Lipinski definition) is 2. The monoisotopic (exact) mass is 506 g/mol. The summed E-state index contributed by atoms with van der Waals surface area (Å²) in [6.45, 7) is 8.04. The lowest BCUT2D eigenvalue weighted by Gasteiger charge is -2.34. The van der Waals surface area contributed by atoms with Crippen LogP contribution in [0.25, 0.3) is 0 Å². The van der Waals surface area contributed by atoms with E-state index in [4.69, 9.17) is 15.5 Å². The van der Waals surface area contributed by atoms with E-state index in [0.29, 0.717) is 23.3 Å². The summed E-state index contributed by atoms with van der Waals surface area (Å²) in [5, 5.41) is 3.48. The van der Waals surface area contributed by atoms with E-state index < -0.39 is 6.04 Å². The summed E-state index contributed by atoms with van der Waals surface area (Å²) in [7, 11) is 2.13. The molecule has 1 saturated heterocycles. The van der Waals surface area contributed by atoms with Crippen molar-refractivity contribution in [3.8, 4) is 5.88 Å².